The summed E-state index contributed by atoms with van der Waals surface area (Å²) in [6.07, 6.45) is 0. The summed E-state index contributed by atoms with van der Waals surface area (Å²) in [4.78, 5) is 9.79. The number of nitro benzene ring substituents is 1. The highest BCUT2D eigenvalue weighted by Crippen LogP contribution is 2.30. The van der Waals surface area contributed by atoms with Crippen molar-refractivity contribution >= 4 is 43.1 Å². The molecule has 1 rings (SSSR count). The zero-order chi connectivity index (χ0) is 13.2. The van der Waals surface area contributed by atoms with E-state index in [1.807, 2.05) is 0 Å². The van der Waals surface area contributed by atoms with Crippen LogP contribution < -0.4 is 0 Å². The van der Waals surface area contributed by atoms with Crippen LogP contribution in [0.1, 0.15) is 6.92 Å². The molecule has 0 aromatic heterocycles. The molecule has 94 valence electrons. The summed E-state index contributed by atoms with van der Waals surface area (Å²) in [6, 6.07) is 3.81. The van der Waals surface area contributed by atoms with E-state index >= 15 is 0 Å². The molecule has 0 spiro atoms. The Morgan fingerprint density at radius 2 is 2.12 bits per heavy atom. The molecule has 1 unspecified atom stereocenters. The van der Waals surface area contributed by atoms with Gasteiger partial charge in [-0.3, -0.25) is 10.1 Å². The zero-order valence-electron chi connectivity index (χ0n) is 8.76. The quantitative estimate of drug-likeness (QED) is 0.479. The molecule has 0 saturated carbocycles. The first-order valence-electron chi connectivity index (χ1n) is 4.54. The van der Waals surface area contributed by atoms with E-state index in [-0.39, 0.29) is 10.8 Å². The molecule has 5 nitrogen and oxygen atoms in total. The lowest BCUT2D eigenvalue weighted by Gasteiger charge is -2.10. The van der Waals surface area contributed by atoms with Crippen LogP contribution in [0, 0.1) is 10.1 Å². The average molecular weight is 343 g/mol. The number of hydrogen-bond donors (Lipinski definition) is 0. The fourth-order valence-electron chi connectivity index (χ4n) is 1.17. The molecule has 8 heteroatoms. The molecule has 0 radical (unpaired) electrons. The Morgan fingerprint density at radius 3 is 2.59 bits per heavy atom. The van der Waals surface area contributed by atoms with Gasteiger partial charge in [0.25, 0.3) is 5.69 Å². The predicted octanol–water partition coefficient (Wildman–Crippen LogP) is 2.76. The van der Waals surface area contributed by atoms with E-state index < -0.39 is 25.7 Å². The second-order valence-corrected chi connectivity index (χ2v) is 6.94. The van der Waals surface area contributed by atoms with Gasteiger partial charge in [-0.2, -0.15) is 0 Å². The lowest BCUT2D eigenvalue weighted by Crippen LogP contribution is -2.20. The Morgan fingerprint density at radius 1 is 1.53 bits per heavy atom. The summed E-state index contributed by atoms with van der Waals surface area (Å²) < 4.78 is 24.4. The van der Waals surface area contributed by atoms with E-state index in [1.54, 1.807) is 0 Å². The molecule has 1 aromatic rings. The van der Waals surface area contributed by atoms with Crippen molar-refractivity contribution in [3.05, 3.63) is 32.8 Å². The molecule has 1 aromatic carbocycles. The van der Waals surface area contributed by atoms with E-state index in [9.17, 15) is 18.5 Å². The third-order valence-electron chi connectivity index (χ3n) is 2.17. The third kappa shape index (κ3) is 2.97. The highest BCUT2D eigenvalue weighted by molar-refractivity contribution is 9.10. The van der Waals surface area contributed by atoms with Gasteiger partial charge in [-0.25, -0.2) is 8.42 Å². The minimum absolute atomic E-state index is 0.116. The molecule has 0 amide bonds. The van der Waals surface area contributed by atoms with Gasteiger partial charge in [0.1, 0.15) is 4.90 Å². The maximum absolute atomic E-state index is 12.0. The second-order valence-electron chi connectivity index (χ2n) is 3.38. The van der Waals surface area contributed by atoms with Crippen molar-refractivity contribution in [1.29, 1.82) is 0 Å². The normalized spacial score (nSPS) is 13.4. The Labute approximate surface area is 112 Å². The van der Waals surface area contributed by atoms with Crippen LogP contribution in [-0.2, 0) is 9.84 Å². The van der Waals surface area contributed by atoms with Crippen LogP contribution in [0.4, 0.5) is 5.69 Å². The highest BCUT2D eigenvalue weighted by Gasteiger charge is 2.30. The van der Waals surface area contributed by atoms with Crippen molar-refractivity contribution in [2.75, 3.05) is 5.88 Å². The summed E-state index contributed by atoms with van der Waals surface area (Å²) in [5.74, 6) is -0.116. The van der Waals surface area contributed by atoms with Gasteiger partial charge in [0, 0.05) is 16.4 Å². The molecule has 0 N–H and O–H groups in total. The van der Waals surface area contributed by atoms with Crippen LogP contribution >= 0.6 is 27.5 Å². The lowest BCUT2D eigenvalue weighted by molar-refractivity contribution is -0.387. The minimum atomic E-state index is -3.78. The first-order chi connectivity index (χ1) is 7.80. The first-order valence-corrected chi connectivity index (χ1v) is 7.42. The second kappa shape index (κ2) is 5.32. The largest absolute Gasteiger partial charge is 0.289 e. The number of hydrogen-bond acceptors (Lipinski definition) is 4. The van der Waals surface area contributed by atoms with E-state index in [0.717, 1.165) is 6.07 Å². The number of halogens is 2. The van der Waals surface area contributed by atoms with Crippen molar-refractivity contribution < 1.29 is 13.3 Å². The van der Waals surface area contributed by atoms with Crippen molar-refractivity contribution in [3.63, 3.8) is 0 Å². The first kappa shape index (κ1) is 14.4. The molecule has 0 aliphatic carbocycles. The van der Waals surface area contributed by atoms with Crippen molar-refractivity contribution in [3.8, 4) is 0 Å². The fourth-order valence-corrected chi connectivity index (χ4v) is 3.30. The average Bonchev–Trinajstić information content (AvgIpc) is 2.27. The summed E-state index contributed by atoms with van der Waals surface area (Å²) >= 11 is 8.55. The summed E-state index contributed by atoms with van der Waals surface area (Å²) in [7, 11) is -3.78. The van der Waals surface area contributed by atoms with Crippen LogP contribution in [-0.4, -0.2) is 24.5 Å². The minimum Gasteiger partial charge on any atom is -0.258 e. The fraction of sp³-hybridized carbons (Fsp3) is 0.333. The van der Waals surface area contributed by atoms with Crippen LogP contribution in [0.25, 0.3) is 0 Å². The van der Waals surface area contributed by atoms with Gasteiger partial charge in [0.2, 0.25) is 0 Å². The maximum Gasteiger partial charge on any atom is 0.289 e. The lowest BCUT2D eigenvalue weighted by atomic mass is 10.3. The standard InChI is InChI=1S/C9H9BrClNO4S/c1-6(5-11)17(15,16)9-3-2-7(10)4-8(9)12(13)14/h2-4,6H,5H2,1H3. The maximum atomic E-state index is 12.0. The number of alkyl halides is 1. The molecule has 1 atom stereocenters. The van der Waals surface area contributed by atoms with Gasteiger partial charge in [0.05, 0.1) is 10.2 Å². The molecule has 0 aliphatic heterocycles. The van der Waals surface area contributed by atoms with Crippen molar-refractivity contribution in [2.24, 2.45) is 0 Å². The molecule has 17 heavy (non-hydrogen) atoms. The van der Waals surface area contributed by atoms with Crippen LogP contribution in [0.5, 0.6) is 0 Å². The Kier molecular flexibility index (Phi) is 4.51. The van der Waals surface area contributed by atoms with E-state index in [4.69, 9.17) is 11.6 Å². The van der Waals surface area contributed by atoms with E-state index in [0.29, 0.717) is 4.47 Å². The molecule has 0 fully saturated rings. The number of rotatable bonds is 4. The SMILES string of the molecule is CC(CCl)S(=O)(=O)c1ccc(Br)cc1[N+](=O)[O-]. The Hall–Kier alpha value is -0.660. The molecular weight excluding hydrogens is 334 g/mol. The molecular formula is C9H9BrClNO4S. The highest BCUT2D eigenvalue weighted by atomic mass is 79.9. The monoisotopic (exact) mass is 341 g/mol. The Bertz CT molecular complexity index is 546. The van der Waals surface area contributed by atoms with Gasteiger partial charge in [-0.05, 0) is 19.1 Å². The topological polar surface area (TPSA) is 77.3 Å². The van der Waals surface area contributed by atoms with Gasteiger partial charge < -0.3 is 0 Å². The predicted molar refractivity (Wildman–Crippen MR) is 68.2 cm³/mol. The van der Waals surface area contributed by atoms with Crippen molar-refractivity contribution in [2.45, 2.75) is 17.1 Å². The van der Waals surface area contributed by atoms with E-state index in [2.05, 4.69) is 15.9 Å². The zero-order valence-corrected chi connectivity index (χ0v) is 11.9. The summed E-state index contributed by atoms with van der Waals surface area (Å²) in [5, 5.41) is 9.95. The smallest absolute Gasteiger partial charge is 0.258 e. The van der Waals surface area contributed by atoms with Crippen LogP contribution in [0.3, 0.4) is 0 Å². The van der Waals surface area contributed by atoms with Gasteiger partial charge >= 0.3 is 0 Å². The number of nitro groups is 1. The number of sulfone groups is 1. The van der Waals surface area contributed by atoms with E-state index in [1.165, 1.54) is 19.1 Å². The number of benzene rings is 1. The molecule has 0 heterocycles. The van der Waals surface area contributed by atoms with Gasteiger partial charge in [-0.1, -0.05) is 15.9 Å². The van der Waals surface area contributed by atoms with Gasteiger partial charge in [-0.15, -0.1) is 11.6 Å². The summed E-state index contributed by atoms with van der Waals surface area (Å²) in [5.41, 5.74) is -0.448. The molecule has 0 saturated heterocycles. The Balaban J connectivity index is 3.47. The summed E-state index contributed by atoms with van der Waals surface area (Å²) in [6.45, 7) is 1.41. The number of nitrogens with zero attached hydrogens (tertiary/aromatic N) is 1. The molecule has 0 bridgehead atoms. The van der Waals surface area contributed by atoms with Crippen LogP contribution in [0.15, 0.2) is 27.6 Å². The third-order valence-corrected chi connectivity index (χ3v) is 5.49. The van der Waals surface area contributed by atoms with Crippen LogP contribution in [0.2, 0.25) is 0 Å². The molecule has 0 aliphatic rings. The van der Waals surface area contributed by atoms with Gasteiger partial charge in [0.15, 0.2) is 9.84 Å². The van der Waals surface area contributed by atoms with Crippen molar-refractivity contribution in [1.82, 2.24) is 0 Å².